The number of carbonyl (C=O) groups excluding carboxylic acids is 1. The Labute approximate surface area is 149 Å². The van der Waals surface area contributed by atoms with Gasteiger partial charge in [0.05, 0.1) is 17.7 Å². The molecule has 7 heteroatoms. The molecule has 2 heterocycles. The molecule has 1 amide bonds. The van der Waals surface area contributed by atoms with Crippen LogP contribution in [0, 0.1) is 0 Å². The Morgan fingerprint density at radius 1 is 1.15 bits per heavy atom. The van der Waals surface area contributed by atoms with E-state index in [2.05, 4.69) is 10.3 Å². The second-order valence-corrected chi connectivity index (χ2v) is 6.02. The van der Waals surface area contributed by atoms with Crippen LogP contribution in [0.5, 0.6) is 5.75 Å². The van der Waals surface area contributed by atoms with Crippen molar-refractivity contribution in [3.05, 3.63) is 72.2 Å². The maximum absolute atomic E-state index is 12.2. The Balaban J connectivity index is 1.79. The van der Waals surface area contributed by atoms with Crippen LogP contribution in [0.1, 0.15) is 17.4 Å². The molecule has 2 unspecified atom stereocenters. The third-order valence-electron chi connectivity index (χ3n) is 4.21. The predicted octanol–water partition coefficient (Wildman–Crippen LogP) is 1.77. The Hall–Kier alpha value is -3.16. The molecule has 0 radical (unpaired) electrons. The van der Waals surface area contributed by atoms with Gasteiger partial charge in [0.1, 0.15) is 5.75 Å². The van der Waals surface area contributed by atoms with Gasteiger partial charge in [-0.2, -0.15) is 0 Å². The van der Waals surface area contributed by atoms with Gasteiger partial charge in [-0.05, 0) is 17.7 Å². The molecule has 0 bridgehead atoms. The smallest absolute Gasteiger partial charge is 0.259 e. The number of nitrogens with zero attached hydrogens (tertiary/aromatic N) is 2. The first-order chi connectivity index (χ1) is 12.6. The number of hydrogen-bond acceptors (Lipinski definition) is 5. The Morgan fingerprint density at radius 3 is 2.65 bits per heavy atom. The summed E-state index contributed by atoms with van der Waals surface area (Å²) in [6, 6.07) is 16.3. The van der Waals surface area contributed by atoms with E-state index >= 15 is 0 Å². The number of hydrogen-bond donors (Lipinski definition) is 3. The number of benzene rings is 2. The van der Waals surface area contributed by atoms with Crippen molar-refractivity contribution < 1.29 is 19.7 Å². The highest BCUT2D eigenvalue weighted by Crippen LogP contribution is 2.32. The molecule has 1 saturated heterocycles. The lowest BCUT2D eigenvalue weighted by Gasteiger charge is -2.14. The number of ether oxygens (including phenoxy) is 1. The molecule has 2 atom stereocenters. The predicted molar refractivity (Wildman–Crippen MR) is 92.8 cm³/mol. The van der Waals surface area contributed by atoms with Crippen molar-refractivity contribution >= 4 is 5.91 Å². The van der Waals surface area contributed by atoms with Gasteiger partial charge in [-0.1, -0.05) is 42.5 Å². The second kappa shape index (κ2) is 6.62. The lowest BCUT2D eigenvalue weighted by atomic mass is 10.1. The van der Waals surface area contributed by atoms with E-state index in [1.54, 1.807) is 29.1 Å². The number of aromatic nitrogens is 2. The average molecular weight is 351 g/mol. The van der Waals surface area contributed by atoms with Gasteiger partial charge in [-0.3, -0.25) is 4.79 Å². The van der Waals surface area contributed by atoms with Crippen molar-refractivity contribution in [3.8, 4) is 17.0 Å². The third kappa shape index (κ3) is 3.05. The lowest BCUT2D eigenvalue weighted by Crippen LogP contribution is -2.26. The maximum atomic E-state index is 12.2. The molecule has 3 N–H and O–H groups in total. The zero-order chi connectivity index (χ0) is 18.1. The lowest BCUT2D eigenvalue weighted by molar-refractivity contribution is -0.126. The molecule has 0 saturated carbocycles. The van der Waals surface area contributed by atoms with Gasteiger partial charge in [-0.15, -0.1) is 0 Å². The van der Waals surface area contributed by atoms with Gasteiger partial charge >= 0.3 is 0 Å². The number of phenolic OH excluding ortho intramolecular Hbond substituents is 1. The maximum Gasteiger partial charge on any atom is 0.259 e. The fourth-order valence-corrected chi connectivity index (χ4v) is 3.07. The van der Waals surface area contributed by atoms with E-state index in [1.807, 2.05) is 36.4 Å². The second-order valence-electron chi connectivity index (χ2n) is 6.02. The zero-order valence-corrected chi connectivity index (χ0v) is 13.7. The number of carbonyl (C=O) groups is 1. The number of aromatic hydroxyl groups is 1. The first-order valence-corrected chi connectivity index (χ1v) is 8.14. The van der Waals surface area contributed by atoms with Crippen LogP contribution in [0.15, 0.2) is 60.9 Å². The topological polar surface area (TPSA) is 96.6 Å². The van der Waals surface area contributed by atoms with Gasteiger partial charge in [0.25, 0.3) is 5.91 Å². The molecule has 3 aromatic rings. The molecule has 7 nitrogen and oxygen atoms in total. The summed E-state index contributed by atoms with van der Waals surface area (Å²) in [6.45, 7) is 0.396. The van der Waals surface area contributed by atoms with Crippen molar-refractivity contribution in [2.45, 2.75) is 19.1 Å². The Morgan fingerprint density at radius 2 is 1.96 bits per heavy atom. The number of imidazole rings is 1. The third-order valence-corrected chi connectivity index (χ3v) is 4.21. The molecule has 26 heavy (non-hydrogen) atoms. The number of aliphatic hydroxyl groups excluding tert-OH is 1. The van der Waals surface area contributed by atoms with Crippen LogP contribution in [0.2, 0.25) is 0 Å². The van der Waals surface area contributed by atoms with E-state index in [0.29, 0.717) is 17.9 Å². The van der Waals surface area contributed by atoms with E-state index in [9.17, 15) is 15.0 Å². The van der Waals surface area contributed by atoms with Crippen LogP contribution >= 0.6 is 0 Å². The van der Waals surface area contributed by atoms with Crippen molar-refractivity contribution in [1.82, 2.24) is 14.9 Å². The van der Waals surface area contributed by atoms with Crippen LogP contribution in [-0.4, -0.2) is 32.1 Å². The van der Waals surface area contributed by atoms with Crippen LogP contribution in [0.25, 0.3) is 11.3 Å². The van der Waals surface area contributed by atoms with Crippen LogP contribution in [-0.2, 0) is 16.1 Å². The summed E-state index contributed by atoms with van der Waals surface area (Å²) in [5.41, 5.74) is 2.85. The highest BCUT2D eigenvalue weighted by Gasteiger charge is 2.37. The quantitative estimate of drug-likeness (QED) is 0.666. The molecule has 1 aliphatic rings. The molecule has 0 spiro atoms. The molecule has 132 valence electrons. The first kappa shape index (κ1) is 16.3. The number of nitrogens with one attached hydrogen (secondary N) is 1. The van der Waals surface area contributed by atoms with Gasteiger partial charge in [0, 0.05) is 12.1 Å². The van der Waals surface area contributed by atoms with Gasteiger partial charge in [-0.25, -0.2) is 4.98 Å². The van der Waals surface area contributed by atoms with E-state index in [0.717, 1.165) is 11.1 Å². The fraction of sp³-hybridized carbons (Fsp3) is 0.158. The van der Waals surface area contributed by atoms with Gasteiger partial charge < -0.3 is 24.8 Å². The standard InChI is InChI=1S/C19H17N3O4/c23-14-8-4-5-12(9-14)10-22-11-20-15(13-6-2-1-3-7-13)16(22)17-18(24)21-19(25)26-17/h1-9,11,17,19,23,25H,10H2,(H,21,24). The van der Waals surface area contributed by atoms with E-state index in [4.69, 9.17) is 4.74 Å². The summed E-state index contributed by atoms with van der Waals surface area (Å²) in [7, 11) is 0. The molecular weight excluding hydrogens is 334 g/mol. The highest BCUT2D eigenvalue weighted by molar-refractivity contribution is 5.85. The van der Waals surface area contributed by atoms with Crippen molar-refractivity contribution in [2.75, 3.05) is 0 Å². The van der Waals surface area contributed by atoms with Crippen LogP contribution in [0.4, 0.5) is 0 Å². The number of rotatable bonds is 4. The van der Waals surface area contributed by atoms with Gasteiger partial charge in [0.2, 0.25) is 6.41 Å². The molecule has 1 aliphatic heterocycles. The Bertz CT molecular complexity index is 939. The summed E-state index contributed by atoms with van der Waals surface area (Å²) < 4.78 is 7.16. The summed E-state index contributed by atoms with van der Waals surface area (Å²) in [4.78, 5) is 16.7. The minimum Gasteiger partial charge on any atom is -0.508 e. The Kier molecular flexibility index (Phi) is 4.16. The minimum atomic E-state index is -1.35. The van der Waals surface area contributed by atoms with E-state index in [-0.39, 0.29) is 5.75 Å². The number of phenols is 1. The summed E-state index contributed by atoms with van der Waals surface area (Å²) >= 11 is 0. The van der Waals surface area contributed by atoms with Crippen LogP contribution < -0.4 is 5.32 Å². The first-order valence-electron chi connectivity index (χ1n) is 8.14. The summed E-state index contributed by atoms with van der Waals surface area (Å²) in [5, 5.41) is 21.7. The fourth-order valence-electron chi connectivity index (χ4n) is 3.07. The van der Waals surface area contributed by atoms with Crippen molar-refractivity contribution in [2.24, 2.45) is 0 Å². The molecule has 2 aromatic carbocycles. The minimum absolute atomic E-state index is 0.165. The van der Waals surface area contributed by atoms with Crippen LogP contribution in [0.3, 0.4) is 0 Å². The zero-order valence-electron chi connectivity index (χ0n) is 13.7. The summed E-state index contributed by atoms with van der Waals surface area (Å²) in [5.74, 6) is -0.259. The molecule has 1 aromatic heterocycles. The molecule has 1 fully saturated rings. The van der Waals surface area contributed by atoms with Gasteiger partial charge in [0.15, 0.2) is 6.10 Å². The average Bonchev–Trinajstić information content (AvgIpc) is 3.18. The molecule has 0 aliphatic carbocycles. The van der Waals surface area contributed by atoms with Crippen molar-refractivity contribution in [3.63, 3.8) is 0 Å². The SMILES string of the molecule is O=C1NC(O)OC1c1c(-c2ccccc2)ncn1Cc1cccc(O)c1. The number of aliphatic hydroxyl groups is 1. The normalized spacial score (nSPS) is 19.5. The van der Waals surface area contributed by atoms with Crippen molar-refractivity contribution in [1.29, 1.82) is 0 Å². The van der Waals surface area contributed by atoms with E-state index < -0.39 is 18.4 Å². The largest absolute Gasteiger partial charge is 0.508 e. The summed E-state index contributed by atoms with van der Waals surface area (Å²) in [6.07, 6.45) is -0.691. The molecule has 4 rings (SSSR count). The molecular formula is C19H17N3O4. The van der Waals surface area contributed by atoms with E-state index in [1.165, 1.54) is 0 Å². The highest BCUT2D eigenvalue weighted by atomic mass is 16.6. The number of amides is 1. The monoisotopic (exact) mass is 351 g/mol.